The number of benzene rings is 3. The second-order valence-corrected chi connectivity index (χ2v) is 8.74. The van der Waals surface area contributed by atoms with Crippen molar-refractivity contribution in [2.45, 2.75) is 13.0 Å². The van der Waals surface area contributed by atoms with Crippen molar-refractivity contribution < 1.29 is 28.7 Å². The normalized spacial score (nSPS) is 12.8. The van der Waals surface area contributed by atoms with Gasteiger partial charge in [0.2, 0.25) is 0 Å². The van der Waals surface area contributed by atoms with Gasteiger partial charge in [-0.05, 0) is 43.3 Å². The lowest BCUT2D eigenvalue weighted by Gasteiger charge is -2.19. The van der Waals surface area contributed by atoms with Crippen molar-refractivity contribution in [3.63, 3.8) is 0 Å². The van der Waals surface area contributed by atoms with E-state index >= 15 is 0 Å². The number of amides is 2. The number of anilines is 1. The molecule has 182 valence electrons. The molecule has 3 aromatic rings. The van der Waals surface area contributed by atoms with Crippen molar-refractivity contribution in [3.05, 3.63) is 98.5 Å². The zero-order chi connectivity index (χ0) is 26.0. The van der Waals surface area contributed by atoms with Crippen LogP contribution in [0.5, 0.6) is 0 Å². The monoisotopic (exact) mass is 524 g/mol. The van der Waals surface area contributed by atoms with Crippen molar-refractivity contribution in [2.75, 3.05) is 11.9 Å². The molecule has 10 heteroatoms. The Labute approximate surface area is 215 Å². The predicted octanol–water partition coefficient (Wildman–Crippen LogP) is 4.07. The largest absolute Gasteiger partial charge is 0.451 e. The minimum Gasteiger partial charge on any atom is -0.451 e. The molecule has 0 saturated carbocycles. The zero-order valence-corrected chi connectivity index (χ0v) is 20.3. The smallest absolute Gasteiger partial charge is 0.326 e. The summed E-state index contributed by atoms with van der Waals surface area (Å²) in [6.45, 7) is 0.860. The molecule has 0 radical (unpaired) electrons. The van der Waals surface area contributed by atoms with Crippen LogP contribution in [-0.4, -0.2) is 42.0 Å². The maximum atomic E-state index is 12.9. The first-order valence-electron chi connectivity index (χ1n) is 10.7. The highest BCUT2D eigenvalue weighted by Crippen LogP contribution is 2.29. The van der Waals surface area contributed by atoms with Crippen molar-refractivity contribution >= 4 is 58.2 Å². The molecule has 0 fully saturated rings. The topological polar surface area (TPSA) is 119 Å². The SMILES string of the molecule is CC(OC(=O)CNC(=O)c1ccc(Cl)cc1Cl)C(=O)Nc1ccc2c(c1)C(=O)c1ccccc1C2=O. The third-order valence-corrected chi connectivity index (χ3v) is 5.99. The molecular formula is C26H18Cl2N2O6. The average molecular weight is 525 g/mol. The molecule has 2 N–H and O–H groups in total. The van der Waals surface area contributed by atoms with Gasteiger partial charge < -0.3 is 15.4 Å². The highest BCUT2D eigenvalue weighted by Gasteiger charge is 2.29. The Bertz CT molecular complexity index is 1440. The van der Waals surface area contributed by atoms with Crippen molar-refractivity contribution in [2.24, 2.45) is 0 Å². The number of nitrogens with one attached hydrogen (secondary N) is 2. The number of carbonyl (C=O) groups is 5. The molecule has 0 bridgehead atoms. The lowest BCUT2D eigenvalue weighted by atomic mass is 9.84. The fourth-order valence-electron chi connectivity index (χ4n) is 3.63. The highest BCUT2D eigenvalue weighted by molar-refractivity contribution is 6.36. The van der Waals surface area contributed by atoms with Crippen LogP contribution in [-0.2, 0) is 14.3 Å². The summed E-state index contributed by atoms with van der Waals surface area (Å²) in [6, 6.07) is 15.2. The minimum atomic E-state index is -1.21. The number of ketones is 2. The summed E-state index contributed by atoms with van der Waals surface area (Å²) in [7, 11) is 0. The second kappa shape index (κ2) is 10.3. The van der Waals surface area contributed by atoms with Crippen LogP contribution < -0.4 is 10.6 Å². The number of ether oxygens (including phenoxy) is 1. The third-order valence-electron chi connectivity index (χ3n) is 5.44. The molecule has 0 spiro atoms. The number of rotatable bonds is 6. The summed E-state index contributed by atoms with van der Waals surface area (Å²) in [5.41, 5.74) is 1.42. The zero-order valence-electron chi connectivity index (χ0n) is 18.8. The van der Waals surface area contributed by atoms with E-state index in [4.69, 9.17) is 27.9 Å². The second-order valence-electron chi connectivity index (χ2n) is 7.89. The summed E-state index contributed by atoms with van der Waals surface area (Å²) < 4.78 is 5.08. The standard InChI is InChI=1S/C26H18Cl2N2O6/c1-13(36-22(31)12-29-26(35)19-8-6-14(27)10-21(19)28)25(34)30-15-7-9-18-20(11-15)24(33)17-5-3-2-4-16(17)23(18)32/h2-11,13H,12H2,1H3,(H,29,35)(H,30,34). The molecule has 1 unspecified atom stereocenters. The highest BCUT2D eigenvalue weighted by atomic mass is 35.5. The van der Waals surface area contributed by atoms with Gasteiger partial charge in [0.05, 0.1) is 10.6 Å². The van der Waals surface area contributed by atoms with E-state index in [1.54, 1.807) is 24.3 Å². The number of hydrogen-bond acceptors (Lipinski definition) is 6. The molecular weight excluding hydrogens is 507 g/mol. The van der Waals surface area contributed by atoms with Crippen LogP contribution in [0, 0.1) is 0 Å². The van der Waals surface area contributed by atoms with Gasteiger partial charge in [0.15, 0.2) is 17.7 Å². The fraction of sp³-hybridized carbons (Fsp3) is 0.115. The first-order valence-corrected chi connectivity index (χ1v) is 11.5. The Hall–Kier alpha value is -4.01. The lowest BCUT2D eigenvalue weighted by molar-refractivity contribution is -0.152. The fourth-order valence-corrected chi connectivity index (χ4v) is 4.13. The minimum absolute atomic E-state index is 0.120. The summed E-state index contributed by atoms with van der Waals surface area (Å²) in [5, 5.41) is 5.40. The van der Waals surface area contributed by atoms with Gasteiger partial charge in [-0.3, -0.25) is 24.0 Å². The van der Waals surface area contributed by atoms with Crippen LogP contribution in [0.1, 0.15) is 49.1 Å². The van der Waals surface area contributed by atoms with Gasteiger partial charge in [0.1, 0.15) is 6.54 Å². The van der Waals surface area contributed by atoms with Gasteiger partial charge in [-0.1, -0.05) is 47.5 Å². The molecule has 1 aliphatic rings. The van der Waals surface area contributed by atoms with Crippen LogP contribution in [0.15, 0.2) is 60.7 Å². The Morgan fingerprint density at radius 2 is 1.50 bits per heavy atom. The molecule has 1 atom stereocenters. The van der Waals surface area contributed by atoms with E-state index in [9.17, 15) is 24.0 Å². The molecule has 0 aromatic heterocycles. The molecule has 36 heavy (non-hydrogen) atoms. The average Bonchev–Trinajstić information content (AvgIpc) is 2.85. The van der Waals surface area contributed by atoms with Crippen molar-refractivity contribution in [1.29, 1.82) is 0 Å². The summed E-state index contributed by atoms with van der Waals surface area (Å²) in [5.74, 6) is -2.72. The number of carbonyl (C=O) groups excluding carboxylic acids is 5. The van der Waals surface area contributed by atoms with Gasteiger partial charge in [-0.25, -0.2) is 0 Å². The van der Waals surface area contributed by atoms with Crippen molar-refractivity contribution in [3.8, 4) is 0 Å². The lowest BCUT2D eigenvalue weighted by Crippen LogP contribution is -2.36. The third kappa shape index (κ3) is 5.15. The molecule has 0 aliphatic heterocycles. The molecule has 2 amide bonds. The van der Waals surface area contributed by atoms with Crippen LogP contribution in [0.2, 0.25) is 10.0 Å². The summed E-state index contributed by atoms with van der Waals surface area (Å²) in [6.07, 6.45) is -1.21. The van der Waals surface area contributed by atoms with Gasteiger partial charge in [-0.15, -0.1) is 0 Å². The number of hydrogen-bond donors (Lipinski definition) is 2. The Morgan fingerprint density at radius 3 is 2.17 bits per heavy atom. The van der Waals surface area contributed by atoms with E-state index in [1.165, 1.54) is 43.3 Å². The maximum absolute atomic E-state index is 12.9. The van der Waals surface area contributed by atoms with E-state index in [0.29, 0.717) is 16.1 Å². The quantitative estimate of drug-likeness (QED) is 0.367. The number of fused-ring (bicyclic) bond motifs is 2. The predicted molar refractivity (Wildman–Crippen MR) is 133 cm³/mol. The Morgan fingerprint density at radius 1 is 0.861 bits per heavy atom. The van der Waals surface area contributed by atoms with Crippen LogP contribution in [0.25, 0.3) is 0 Å². The molecule has 1 aliphatic carbocycles. The number of esters is 1. The van der Waals surface area contributed by atoms with Crippen LogP contribution in [0.4, 0.5) is 5.69 Å². The maximum Gasteiger partial charge on any atom is 0.326 e. The molecule has 8 nitrogen and oxygen atoms in total. The van der Waals surface area contributed by atoms with Gasteiger partial charge in [0.25, 0.3) is 11.8 Å². The number of halogens is 2. The first-order chi connectivity index (χ1) is 17.2. The van der Waals surface area contributed by atoms with E-state index in [-0.39, 0.29) is 39.0 Å². The van der Waals surface area contributed by atoms with Crippen molar-refractivity contribution in [1.82, 2.24) is 5.32 Å². The molecule has 4 rings (SSSR count). The van der Waals surface area contributed by atoms with Gasteiger partial charge in [0, 0.05) is 33.0 Å². The Kier molecular flexibility index (Phi) is 7.19. The van der Waals surface area contributed by atoms with E-state index in [1.807, 2.05) is 0 Å². The van der Waals surface area contributed by atoms with Gasteiger partial charge in [-0.2, -0.15) is 0 Å². The van der Waals surface area contributed by atoms with Crippen LogP contribution >= 0.6 is 23.2 Å². The Balaban J connectivity index is 1.35. The molecule has 0 saturated heterocycles. The van der Waals surface area contributed by atoms with E-state index in [0.717, 1.165) is 0 Å². The summed E-state index contributed by atoms with van der Waals surface area (Å²) >= 11 is 11.8. The van der Waals surface area contributed by atoms with Gasteiger partial charge >= 0.3 is 5.97 Å². The first kappa shape index (κ1) is 25.1. The summed E-state index contributed by atoms with van der Waals surface area (Å²) in [4.78, 5) is 62.4. The molecule has 3 aromatic carbocycles. The van der Waals surface area contributed by atoms with E-state index in [2.05, 4.69) is 10.6 Å². The molecule has 0 heterocycles. The van der Waals surface area contributed by atoms with E-state index < -0.39 is 30.4 Å². The van der Waals surface area contributed by atoms with Crippen LogP contribution in [0.3, 0.4) is 0 Å².